The number of hydrogen-bond donors (Lipinski definition) is 1. The van der Waals surface area contributed by atoms with Gasteiger partial charge in [-0.2, -0.15) is 5.10 Å². The Morgan fingerprint density at radius 2 is 2.04 bits per heavy atom. The van der Waals surface area contributed by atoms with Gasteiger partial charge in [-0.25, -0.2) is 0 Å². The summed E-state index contributed by atoms with van der Waals surface area (Å²) in [6, 6.07) is 5.15. The number of ether oxygens (including phenoxy) is 2. The Labute approximate surface area is 140 Å². The summed E-state index contributed by atoms with van der Waals surface area (Å²) in [6.45, 7) is 3.62. The molecule has 1 amide bonds. The number of methoxy groups -OCH3 is 2. The summed E-state index contributed by atoms with van der Waals surface area (Å²) < 4.78 is 12.1. The maximum absolute atomic E-state index is 12.5. The van der Waals surface area contributed by atoms with Crippen molar-refractivity contribution in [2.75, 3.05) is 14.2 Å². The van der Waals surface area contributed by atoms with E-state index in [2.05, 4.69) is 10.4 Å². The number of aryl methyl sites for hydroxylation is 2. The lowest BCUT2D eigenvalue weighted by Gasteiger charge is -2.18. The third kappa shape index (κ3) is 3.42. The number of aromatic nitrogens is 2. The summed E-state index contributed by atoms with van der Waals surface area (Å²) in [5.41, 5.74) is 1.76. The highest BCUT2D eigenvalue weighted by Crippen LogP contribution is 2.29. The number of rotatable bonds is 5. The van der Waals surface area contributed by atoms with Crippen LogP contribution in [0, 0.1) is 6.92 Å². The third-order valence-electron chi connectivity index (χ3n) is 3.62. The summed E-state index contributed by atoms with van der Waals surface area (Å²) in [5, 5.41) is 7.42. The minimum atomic E-state index is -0.296. The number of nitrogens with zero attached hydrogens (tertiary/aromatic N) is 2. The molecule has 2 rings (SSSR count). The molecule has 0 aliphatic rings. The number of benzene rings is 1. The molecule has 1 N–H and O–H groups in total. The number of hydrogen-bond acceptors (Lipinski definition) is 4. The van der Waals surface area contributed by atoms with Crippen molar-refractivity contribution >= 4 is 17.5 Å². The van der Waals surface area contributed by atoms with Gasteiger partial charge in [-0.3, -0.25) is 9.48 Å². The van der Waals surface area contributed by atoms with Crippen LogP contribution in [0.5, 0.6) is 11.5 Å². The molecule has 7 heteroatoms. The van der Waals surface area contributed by atoms with E-state index in [1.165, 1.54) is 4.68 Å². The van der Waals surface area contributed by atoms with Gasteiger partial charge in [0.05, 0.1) is 31.0 Å². The van der Waals surface area contributed by atoms with Crippen molar-refractivity contribution in [3.05, 3.63) is 40.2 Å². The Hall–Kier alpha value is -2.21. The van der Waals surface area contributed by atoms with E-state index in [1.807, 2.05) is 13.0 Å². The van der Waals surface area contributed by atoms with Crippen molar-refractivity contribution in [2.45, 2.75) is 19.9 Å². The lowest BCUT2D eigenvalue weighted by molar-refractivity contribution is 0.0930. The van der Waals surface area contributed by atoms with E-state index in [4.69, 9.17) is 21.1 Å². The molecule has 0 aliphatic carbocycles. The van der Waals surface area contributed by atoms with E-state index in [0.717, 1.165) is 5.56 Å². The summed E-state index contributed by atoms with van der Waals surface area (Å²) in [4.78, 5) is 12.5. The van der Waals surface area contributed by atoms with Gasteiger partial charge in [0, 0.05) is 12.6 Å². The average molecular weight is 338 g/mol. The Bertz CT molecular complexity index is 728. The zero-order chi connectivity index (χ0) is 17.1. The molecule has 1 aromatic heterocycles. The molecule has 0 fully saturated rings. The second kappa shape index (κ2) is 6.91. The zero-order valence-electron chi connectivity index (χ0n) is 13.8. The lowest BCUT2D eigenvalue weighted by Crippen LogP contribution is -2.29. The minimum absolute atomic E-state index is 0.293. The van der Waals surface area contributed by atoms with E-state index in [9.17, 15) is 4.79 Å². The van der Waals surface area contributed by atoms with Gasteiger partial charge in [0.15, 0.2) is 0 Å². The highest BCUT2D eigenvalue weighted by molar-refractivity contribution is 6.34. The van der Waals surface area contributed by atoms with E-state index in [-0.39, 0.29) is 11.9 Å². The SMILES string of the molecule is COc1ccc(OC)c(C(C)NC(=O)c2c(Cl)c(C)nn2C)c1. The van der Waals surface area contributed by atoms with Gasteiger partial charge in [-0.05, 0) is 32.0 Å². The van der Waals surface area contributed by atoms with Crippen LogP contribution in [0.4, 0.5) is 0 Å². The van der Waals surface area contributed by atoms with Crippen LogP contribution in [0.2, 0.25) is 5.02 Å². The maximum atomic E-state index is 12.5. The van der Waals surface area contributed by atoms with Gasteiger partial charge in [-0.1, -0.05) is 11.6 Å². The molecule has 1 unspecified atom stereocenters. The van der Waals surface area contributed by atoms with E-state index < -0.39 is 0 Å². The molecule has 124 valence electrons. The molecular weight excluding hydrogens is 318 g/mol. The van der Waals surface area contributed by atoms with Crippen LogP contribution in [0.1, 0.15) is 34.7 Å². The minimum Gasteiger partial charge on any atom is -0.497 e. The fraction of sp³-hybridized carbons (Fsp3) is 0.375. The Morgan fingerprint density at radius 3 is 2.57 bits per heavy atom. The smallest absolute Gasteiger partial charge is 0.271 e. The number of carbonyl (C=O) groups is 1. The lowest BCUT2D eigenvalue weighted by atomic mass is 10.1. The molecule has 2 aromatic rings. The van der Waals surface area contributed by atoms with Crippen LogP contribution in [0.25, 0.3) is 0 Å². The Morgan fingerprint density at radius 1 is 1.35 bits per heavy atom. The summed E-state index contributed by atoms with van der Waals surface area (Å²) in [5.74, 6) is 1.07. The van der Waals surface area contributed by atoms with Crippen LogP contribution >= 0.6 is 11.6 Å². The third-order valence-corrected chi connectivity index (χ3v) is 4.07. The molecule has 0 bridgehead atoms. The number of halogens is 1. The number of amides is 1. The van der Waals surface area contributed by atoms with Crippen molar-refractivity contribution in [3.63, 3.8) is 0 Å². The van der Waals surface area contributed by atoms with Crippen molar-refractivity contribution in [1.82, 2.24) is 15.1 Å². The van der Waals surface area contributed by atoms with Gasteiger partial charge < -0.3 is 14.8 Å². The molecule has 0 saturated heterocycles. The molecule has 1 heterocycles. The van der Waals surface area contributed by atoms with Crippen LogP contribution < -0.4 is 14.8 Å². The van der Waals surface area contributed by atoms with Crippen LogP contribution in [-0.2, 0) is 7.05 Å². The Kier molecular flexibility index (Phi) is 5.15. The molecule has 0 radical (unpaired) electrons. The van der Waals surface area contributed by atoms with Crippen LogP contribution in [0.3, 0.4) is 0 Å². The monoisotopic (exact) mass is 337 g/mol. The molecular formula is C16H20ClN3O3. The molecule has 23 heavy (non-hydrogen) atoms. The second-order valence-corrected chi connectivity index (χ2v) is 5.55. The predicted molar refractivity (Wildman–Crippen MR) is 88.4 cm³/mol. The predicted octanol–water partition coefficient (Wildman–Crippen LogP) is 2.89. The van der Waals surface area contributed by atoms with Gasteiger partial charge in [0.25, 0.3) is 5.91 Å². The normalized spacial score (nSPS) is 11.9. The van der Waals surface area contributed by atoms with E-state index in [1.54, 1.807) is 40.3 Å². The zero-order valence-corrected chi connectivity index (χ0v) is 14.6. The topological polar surface area (TPSA) is 65.4 Å². The largest absolute Gasteiger partial charge is 0.497 e. The number of nitrogens with one attached hydrogen (secondary N) is 1. The van der Waals surface area contributed by atoms with Crippen molar-refractivity contribution in [3.8, 4) is 11.5 Å². The van der Waals surface area contributed by atoms with Gasteiger partial charge in [0.1, 0.15) is 17.2 Å². The summed E-state index contributed by atoms with van der Waals surface area (Å²) in [6.07, 6.45) is 0. The van der Waals surface area contributed by atoms with Crippen molar-refractivity contribution < 1.29 is 14.3 Å². The molecule has 1 atom stereocenters. The first-order valence-corrected chi connectivity index (χ1v) is 7.48. The van der Waals surface area contributed by atoms with Gasteiger partial charge in [-0.15, -0.1) is 0 Å². The average Bonchev–Trinajstić information content (AvgIpc) is 2.79. The maximum Gasteiger partial charge on any atom is 0.271 e. The van der Waals surface area contributed by atoms with Crippen molar-refractivity contribution in [2.24, 2.45) is 7.05 Å². The van der Waals surface area contributed by atoms with Crippen LogP contribution in [0.15, 0.2) is 18.2 Å². The fourth-order valence-electron chi connectivity index (χ4n) is 2.40. The van der Waals surface area contributed by atoms with Crippen LogP contribution in [-0.4, -0.2) is 29.9 Å². The molecule has 1 aromatic carbocycles. The fourth-order valence-corrected chi connectivity index (χ4v) is 2.65. The van der Waals surface area contributed by atoms with Gasteiger partial charge >= 0.3 is 0 Å². The molecule has 0 saturated carbocycles. The first kappa shape index (κ1) is 17.1. The number of carbonyl (C=O) groups excluding carboxylic acids is 1. The highest BCUT2D eigenvalue weighted by atomic mass is 35.5. The summed E-state index contributed by atoms with van der Waals surface area (Å²) >= 11 is 6.16. The molecule has 0 spiro atoms. The van der Waals surface area contributed by atoms with E-state index in [0.29, 0.717) is 27.9 Å². The molecule has 0 aliphatic heterocycles. The highest BCUT2D eigenvalue weighted by Gasteiger charge is 2.22. The first-order valence-electron chi connectivity index (χ1n) is 7.11. The molecule has 6 nitrogen and oxygen atoms in total. The quantitative estimate of drug-likeness (QED) is 0.911. The Balaban J connectivity index is 2.28. The van der Waals surface area contributed by atoms with E-state index >= 15 is 0 Å². The standard InChI is InChI=1S/C16H20ClN3O3/c1-9(12-8-11(22-4)6-7-13(12)23-5)18-16(21)15-14(17)10(2)19-20(15)3/h6-9H,1-5H3,(H,18,21). The summed E-state index contributed by atoms with van der Waals surface area (Å²) in [7, 11) is 4.86. The van der Waals surface area contributed by atoms with Crippen molar-refractivity contribution in [1.29, 1.82) is 0 Å². The first-order chi connectivity index (χ1) is 10.9. The van der Waals surface area contributed by atoms with Gasteiger partial charge in [0.2, 0.25) is 0 Å². The second-order valence-electron chi connectivity index (χ2n) is 5.17.